The Morgan fingerprint density at radius 2 is 2.05 bits per heavy atom. The van der Waals surface area contributed by atoms with E-state index in [1.807, 2.05) is 31.2 Å². The van der Waals surface area contributed by atoms with Gasteiger partial charge >= 0.3 is 5.97 Å². The molecule has 21 heavy (non-hydrogen) atoms. The Bertz CT molecular complexity index is 616. The van der Waals surface area contributed by atoms with Crippen LogP contribution in [-0.2, 0) is 16.1 Å². The molecule has 2 rings (SSSR count). The van der Waals surface area contributed by atoms with Crippen molar-refractivity contribution in [2.24, 2.45) is 5.92 Å². The first-order valence-electron chi connectivity index (χ1n) is 7.31. The minimum atomic E-state index is -0.289. The van der Waals surface area contributed by atoms with E-state index in [-0.39, 0.29) is 12.0 Å². The Hall–Kier alpha value is -1.81. The van der Waals surface area contributed by atoms with Crippen LogP contribution in [0.4, 0.5) is 0 Å². The molecule has 1 heterocycles. The van der Waals surface area contributed by atoms with Gasteiger partial charge in [-0.3, -0.25) is 4.79 Å². The number of carbonyl (C=O) groups excluding carboxylic acids is 1. The van der Waals surface area contributed by atoms with Gasteiger partial charge < -0.3 is 14.5 Å². The maximum atomic E-state index is 11.8. The van der Waals surface area contributed by atoms with Crippen LogP contribution in [0, 0.1) is 12.8 Å². The first-order chi connectivity index (χ1) is 10.0. The van der Waals surface area contributed by atoms with Crippen LogP contribution in [0.2, 0.25) is 0 Å². The zero-order chi connectivity index (χ0) is 15.4. The maximum Gasteiger partial charge on any atom is 0.322 e. The van der Waals surface area contributed by atoms with Crippen molar-refractivity contribution < 1.29 is 13.9 Å². The normalized spacial score (nSPS) is 12.8. The van der Waals surface area contributed by atoms with Gasteiger partial charge in [-0.25, -0.2) is 0 Å². The number of methoxy groups -OCH3 is 1. The molecule has 0 radical (unpaired) electrons. The Balaban J connectivity index is 2.15. The van der Waals surface area contributed by atoms with Crippen LogP contribution in [0.1, 0.15) is 31.6 Å². The average molecular weight is 289 g/mol. The van der Waals surface area contributed by atoms with Gasteiger partial charge in [-0.2, -0.15) is 0 Å². The molecule has 4 heteroatoms. The highest BCUT2D eigenvalue weighted by Crippen LogP contribution is 2.25. The van der Waals surface area contributed by atoms with Crippen molar-refractivity contribution in [3.05, 3.63) is 35.6 Å². The van der Waals surface area contributed by atoms with E-state index >= 15 is 0 Å². The number of fused-ring (bicyclic) bond motifs is 1. The molecule has 0 saturated heterocycles. The monoisotopic (exact) mass is 289 g/mol. The zero-order valence-corrected chi connectivity index (χ0v) is 13.1. The number of hydrogen-bond donors (Lipinski definition) is 1. The first kappa shape index (κ1) is 15.6. The lowest BCUT2D eigenvalue weighted by Crippen LogP contribution is -2.38. The third kappa shape index (κ3) is 3.64. The number of para-hydroxylation sites is 1. The number of aryl methyl sites for hydroxylation is 1. The SMILES string of the molecule is COC(=O)C(CC(C)C)NCc1c(C)oc2ccccc12. The fraction of sp³-hybridized carbons (Fsp3) is 0.471. The quantitative estimate of drug-likeness (QED) is 0.828. The number of furan rings is 1. The van der Waals surface area contributed by atoms with Crippen molar-refractivity contribution in [2.45, 2.75) is 39.8 Å². The van der Waals surface area contributed by atoms with E-state index < -0.39 is 0 Å². The largest absolute Gasteiger partial charge is 0.468 e. The summed E-state index contributed by atoms with van der Waals surface area (Å²) in [6.45, 7) is 6.73. The molecule has 1 aromatic heterocycles. The Labute approximate surface area is 125 Å². The molecule has 4 nitrogen and oxygen atoms in total. The third-order valence-electron chi connectivity index (χ3n) is 3.62. The lowest BCUT2D eigenvalue weighted by atomic mass is 10.0. The van der Waals surface area contributed by atoms with Gasteiger partial charge in [0.25, 0.3) is 0 Å². The molecule has 0 aliphatic heterocycles. The van der Waals surface area contributed by atoms with Crippen LogP contribution < -0.4 is 5.32 Å². The van der Waals surface area contributed by atoms with Gasteiger partial charge in [0.15, 0.2) is 0 Å². The molecular weight excluding hydrogens is 266 g/mol. The van der Waals surface area contributed by atoms with Crippen LogP contribution in [-0.4, -0.2) is 19.1 Å². The smallest absolute Gasteiger partial charge is 0.322 e. The van der Waals surface area contributed by atoms with Crippen LogP contribution in [0.15, 0.2) is 28.7 Å². The molecule has 2 aromatic rings. The first-order valence-corrected chi connectivity index (χ1v) is 7.31. The summed E-state index contributed by atoms with van der Waals surface area (Å²) in [4.78, 5) is 11.8. The van der Waals surface area contributed by atoms with Crippen molar-refractivity contribution in [1.29, 1.82) is 0 Å². The van der Waals surface area contributed by atoms with Crippen LogP contribution in [0.25, 0.3) is 11.0 Å². The predicted molar refractivity (Wildman–Crippen MR) is 83.0 cm³/mol. The highest BCUT2D eigenvalue weighted by atomic mass is 16.5. The van der Waals surface area contributed by atoms with E-state index in [1.165, 1.54) is 7.11 Å². The summed E-state index contributed by atoms with van der Waals surface area (Å²) < 4.78 is 10.6. The number of hydrogen-bond acceptors (Lipinski definition) is 4. The number of nitrogens with one attached hydrogen (secondary N) is 1. The average Bonchev–Trinajstić information content (AvgIpc) is 2.77. The summed E-state index contributed by atoms with van der Waals surface area (Å²) in [6.07, 6.45) is 0.751. The molecule has 1 unspecified atom stereocenters. The molecule has 1 N–H and O–H groups in total. The van der Waals surface area contributed by atoms with Gasteiger partial charge in [-0.1, -0.05) is 32.0 Å². The second-order valence-corrected chi connectivity index (χ2v) is 5.72. The van der Waals surface area contributed by atoms with Gasteiger partial charge in [0.1, 0.15) is 17.4 Å². The van der Waals surface area contributed by atoms with Crippen molar-refractivity contribution in [3.8, 4) is 0 Å². The fourth-order valence-corrected chi connectivity index (χ4v) is 2.54. The van der Waals surface area contributed by atoms with Gasteiger partial charge in [-0.15, -0.1) is 0 Å². The number of ether oxygens (including phenoxy) is 1. The molecule has 0 saturated carbocycles. The van der Waals surface area contributed by atoms with Crippen LogP contribution >= 0.6 is 0 Å². The number of carbonyl (C=O) groups is 1. The molecule has 114 valence electrons. The molecule has 0 spiro atoms. The van der Waals surface area contributed by atoms with Gasteiger partial charge in [0.05, 0.1) is 7.11 Å². The number of esters is 1. The summed E-state index contributed by atoms with van der Waals surface area (Å²) in [5.41, 5.74) is 1.98. The third-order valence-corrected chi connectivity index (χ3v) is 3.62. The van der Waals surface area contributed by atoms with E-state index in [9.17, 15) is 4.79 Å². The summed E-state index contributed by atoms with van der Waals surface area (Å²) in [6, 6.07) is 7.66. The topological polar surface area (TPSA) is 51.5 Å². The summed E-state index contributed by atoms with van der Waals surface area (Å²) in [5.74, 6) is 1.09. The predicted octanol–water partition coefficient (Wildman–Crippen LogP) is 3.42. The number of rotatable bonds is 6. The Morgan fingerprint density at radius 3 is 2.71 bits per heavy atom. The van der Waals surface area contributed by atoms with Gasteiger partial charge in [0.2, 0.25) is 0 Å². The van der Waals surface area contributed by atoms with E-state index in [0.29, 0.717) is 12.5 Å². The zero-order valence-electron chi connectivity index (χ0n) is 13.1. The minimum absolute atomic E-state index is 0.214. The summed E-state index contributed by atoms with van der Waals surface area (Å²) in [5, 5.41) is 4.40. The Morgan fingerprint density at radius 1 is 1.33 bits per heavy atom. The molecule has 0 aliphatic rings. The second kappa shape index (κ2) is 6.76. The highest BCUT2D eigenvalue weighted by Gasteiger charge is 2.21. The van der Waals surface area contributed by atoms with Crippen LogP contribution in [0.5, 0.6) is 0 Å². The molecule has 1 aromatic carbocycles. The molecular formula is C17H23NO3. The molecule has 0 bridgehead atoms. The van der Waals surface area contributed by atoms with E-state index in [0.717, 1.165) is 28.7 Å². The minimum Gasteiger partial charge on any atom is -0.468 e. The summed E-state index contributed by atoms with van der Waals surface area (Å²) >= 11 is 0. The molecule has 0 aliphatic carbocycles. The van der Waals surface area contributed by atoms with Crippen molar-refractivity contribution in [2.75, 3.05) is 7.11 Å². The summed E-state index contributed by atoms with van der Waals surface area (Å²) in [7, 11) is 1.43. The van der Waals surface area contributed by atoms with E-state index in [1.54, 1.807) is 0 Å². The highest BCUT2D eigenvalue weighted by molar-refractivity contribution is 5.82. The maximum absolute atomic E-state index is 11.8. The van der Waals surface area contributed by atoms with Gasteiger partial charge in [-0.05, 0) is 25.3 Å². The van der Waals surface area contributed by atoms with Crippen LogP contribution in [0.3, 0.4) is 0 Å². The standard InChI is InChI=1S/C17H23NO3/c1-11(2)9-15(17(19)20-4)18-10-14-12(3)21-16-8-6-5-7-13(14)16/h5-8,11,15,18H,9-10H2,1-4H3. The fourth-order valence-electron chi connectivity index (χ4n) is 2.54. The number of benzene rings is 1. The van der Waals surface area contributed by atoms with Crippen molar-refractivity contribution in [3.63, 3.8) is 0 Å². The second-order valence-electron chi connectivity index (χ2n) is 5.72. The Kier molecular flexibility index (Phi) is 5.02. The van der Waals surface area contributed by atoms with Crippen molar-refractivity contribution in [1.82, 2.24) is 5.32 Å². The van der Waals surface area contributed by atoms with Crippen molar-refractivity contribution >= 4 is 16.9 Å². The van der Waals surface area contributed by atoms with E-state index in [4.69, 9.17) is 9.15 Å². The lowest BCUT2D eigenvalue weighted by Gasteiger charge is -2.18. The molecule has 1 atom stereocenters. The lowest BCUT2D eigenvalue weighted by molar-refractivity contribution is -0.143. The molecule has 0 amide bonds. The molecule has 0 fully saturated rings. The van der Waals surface area contributed by atoms with Gasteiger partial charge in [0, 0.05) is 17.5 Å². The van der Waals surface area contributed by atoms with E-state index in [2.05, 4.69) is 19.2 Å².